The quantitative estimate of drug-likeness (QED) is 0.640. The second-order valence-corrected chi connectivity index (χ2v) is 4.48. The van der Waals surface area contributed by atoms with Crippen molar-refractivity contribution >= 4 is 18.5 Å². The normalized spacial score (nSPS) is 29.1. The first-order valence-corrected chi connectivity index (χ1v) is 5.31. The van der Waals surface area contributed by atoms with Gasteiger partial charge in [0.25, 0.3) is 5.92 Å². The van der Waals surface area contributed by atoms with E-state index in [9.17, 15) is 8.78 Å². The van der Waals surface area contributed by atoms with Crippen molar-refractivity contribution in [3.63, 3.8) is 0 Å². The molecule has 2 fully saturated rings. The lowest BCUT2D eigenvalue weighted by Gasteiger charge is -2.19. The van der Waals surface area contributed by atoms with Gasteiger partial charge in [-0.25, -0.2) is 18.7 Å². The van der Waals surface area contributed by atoms with Gasteiger partial charge in [-0.05, 0) is 0 Å². The molecule has 2 unspecified atom stereocenters. The van der Waals surface area contributed by atoms with E-state index in [2.05, 4.69) is 9.97 Å². The van der Waals surface area contributed by atoms with E-state index < -0.39 is 24.9 Å². The molecule has 5 nitrogen and oxygen atoms in total. The number of aromatic nitrogens is 2. The molecular formula is C9H10BF2N3O2. The minimum absolute atomic E-state index is 0.184. The molecule has 1 aromatic heterocycles. The Bertz CT molecular complexity index is 428. The Kier molecular flexibility index (Phi) is 2.15. The number of hydrogen-bond donors (Lipinski definition) is 2. The minimum atomic E-state index is -2.52. The fourth-order valence-corrected chi connectivity index (χ4v) is 2.30. The molecule has 0 radical (unpaired) electrons. The van der Waals surface area contributed by atoms with E-state index in [0.717, 1.165) is 0 Å². The van der Waals surface area contributed by atoms with Crippen LogP contribution in [-0.2, 0) is 0 Å². The van der Waals surface area contributed by atoms with Gasteiger partial charge in [-0.15, -0.1) is 0 Å². The van der Waals surface area contributed by atoms with Gasteiger partial charge in [0.2, 0.25) is 5.95 Å². The topological polar surface area (TPSA) is 69.5 Å². The summed E-state index contributed by atoms with van der Waals surface area (Å²) in [5.41, 5.74) is 0.184. The van der Waals surface area contributed by atoms with Gasteiger partial charge in [-0.2, -0.15) is 0 Å². The molecule has 1 aliphatic carbocycles. The lowest BCUT2D eigenvalue weighted by atomic mass is 9.83. The van der Waals surface area contributed by atoms with Crippen molar-refractivity contribution in [2.24, 2.45) is 11.8 Å². The predicted octanol–water partition coefficient (Wildman–Crippen LogP) is -1.14. The summed E-state index contributed by atoms with van der Waals surface area (Å²) in [6.07, 6.45) is 2.57. The van der Waals surface area contributed by atoms with Gasteiger partial charge in [-0.1, -0.05) is 0 Å². The lowest BCUT2D eigenvalue weighted by Crippen LogP contribution is -2.33. The second-order valence-electron chi connectivity index (χ2n) is 4.48. The highest BCUT2D eigenvalue weighted by Crippen LogP contribution is 2.59. The molecule has 2 atom stereocenters. The van der Waals surface area contributed by atoms with Gasteiger partial charge >= 0.3 is 7.12 Å². The Hall–Kier alpha value is -1.28. The second kappa shape index (κ2) is 3.36. The molecule has 2 N–H and O–H groups in total. The van der Waals surface area contributed by atoms with Crippen LogP contribution < -0.4 is 10.4 Å². The maximum Gasteiger partial charge on any atom is 0.491 e. The maximum atomic E-state index is 13.0. The highest BCUT2D eigenvalue weighted by Gasteiger charge is 2.71. The van der Waals surface area contributed by atoms with Crippen molar-refractivity contribution < 1.29 is 18.8 Å². The average molecular weight is 241 g/mol. The van der Waals surface area contributed by atoms with E-state index in [0.29, 0.717) is 5.95 Å². The van der Waals surface area contributed by atoms with Crippen LogP contribution in [0.5, 0.6) is 0 Å². The molecule has 2 heterocycles. The highest BCUT2D eigenvalue weighted by atomic mass is 19.3. The van der Waals surface area contributed by atoms with Gasteiger partial charge < -0.3 is 14.9 Å². The summed E-state index contributed by atoms with van der Waals surface area (Å²) < 4.78 is 25.9. The summed E-state index contributed by atoms with van der Waals surface area (Å²) in [6, 6.07) is 0. The van der Waals surface area contributed by atoms with E-state index in [1.165, 1.54) is 12.4 Å². The van der Waals surface area contributed by atoms with Crippen LogP contribution in [-0.4, -0.2) is 46.1 Å². The Morgan fingerprint density at radius 3 is 2.24 bits per heavy atom. The third-order valence-electron chi connectivity index (χ3n) is 3.44. The van der Waals surface area contributed by atoms with Crippen LogP contribution in [0.25, 0.3) is 0 Å². The van der Waals surface area contributed by atoms with E-state index >= 15 is 0 Å². The maximum absolute atomic E-state index is 13.0. The Labute approximate surface area is 96.3 Å². The number of anilines is 1. The number of rotatable bonds is 2. The first-order chi connectivity index (χ1) is 8.00. The molecule has 0 spiro atoms. The molecular weight excluding hydrogens is 231 g/mol. The predicted molar refractivity (Wildman–Crippen MR) is 56.0 cm³/mol. The summed E-state index contributed by atoms with van der Waals surface area (Å²) in [7, 11) is -1.61. The summed E-state index contributed by atoms with van der Waals surface area (Å²) in [6.45, 7) is 0.525. The molecule has 1 aromatic rings. The largest absolute Gasteiger partial charge is 0.491 e. The molecule has 8 heteroatoms. The van der Waals surface area contributed by atoms with Crippen LogP contribution in [0.1, 0.15) is 0 Å². The van der Waals surface area contributed by atoms with E-state index in [-0.39, 0.29) is 18.6 Å². The van der Waals surface area contributed by atoms with Crippen LogP contribution in [0, 0.1) is 11.8 Å². The molecule has 2 aliphatic rings. The van der Waals surface area contributed by atoms with Crippen LogP contribution in [0.3, 0.4) is 0 Å². The van der Waals surface area contributed by atoms with Gasteiger partial charge in [0.1, 0.15) is 0 Å². The Balaban J connectivity index is 1.71. The first kappa shape index (κ1) is 10.9. The monoisotopic (exact) mass is 241 g/mol. The Morgan fingerprint density at radius 1 is 1.24 bits per heavy atom. The van der Waals surface area contributed by atoms with Crippen LogP contribution in [0.4, 0.5) is 14.7 Å². The lowest BCUT2D eigenvalue weighted by molar-refractivity contribution is 0.0796. The van der Waals surface area contributed by atoms with E-state index in [1.54, 1.807) is 4.90 Å². The zero-order valence-corrected chi connectivity index (χ0v) is 8.79. The fraction of sp³-hybridized carbons (Fsp3) is 0.556. The van der Waals surface area contributed by atoms with E-state index in [1.807, 2.05) is 0 Å². The summed E-state index contributed by atoms with van der Waals surface area (Å²) in [4.78, 5) is 9.56. The van der Waals surface area contributed by atoms with Crippen molar-refractivity contribution in [3.05, 3.63) is 12.4 Å². The van der Waals surface area contributed by atoms with Crippen molar-refractivity contribution in [2.75, 3.05) is 18.0 Å². The van der Waals surface area contributed by atoms with Crippen molar-refractivity contribution in [1.82, 2.24) is 9.97 Å². The zero-order chi connectivity index (χ0) is 12.2. The number of alkyl halides is 2. The number of hydrogen-bond acceptors (Lipinski definition) is 5. The number of halogens is 2. The molecule has 1 saturated heterocycles. The molecule has 3 rings (SSSR count). The van der Waals surface area contributed by atoms with Crippen LogP contribution >= 0.6 is 0 Å². The molecule has 0 bridgehead atoms. The number of fused-ring (bicyclic) bond motifs is 1. The van der Waals surface area contributed by atoms with Crippen molar-refractivity contribution in [3.8, 4) is 0 Å². The first-order valence-electron chi connectivity index (χ1n) is 5.31. The summed E-state index contributed by atoms with van der Waals surface area (Å²) >= 11 is 0. The third kappa shape index (κ3) is 1.59. The van der Waals surface area contributed by atoms with Gasteiger partial charge in [0.15, 0.2) is 0 Å². The van der Waals surface area contributed by atoms with Crippen LogP contribution in [0.15, 0.2) is 12.4 Å². The third-order valence-corrected chi connectivity index (χ3v) is 3.44. The molecule has 0 aromatic carbocycles. The van der Waals surface area contributed by atoms with Gasteiger partial charge in [-0.3, -0.25) is 0 Å². The number of nitrogens with zero attached hydrogens (tertiary/aromatic N) is 3. The minimum Gasteiger partial charge on any atom is -0.423 e. The number of piperidine rings is 1. The molecule has 1 saturated carbocycles. The Morgan fingerprint density at radius 2 is 1.76 bits per heavy atom. The van der Waals surface area contributed by atoms with Crippen LogP contribution in [0.2, 0.25) is 0 Å². The fourth-order valence-electron chi connectivity index (χ4n) is 2.30. The van der Waals surface area contributed by atoms with Crippen molar-refractivity contribution in [2.45, 2.75) is 5.92 Å². The smallest absolute Gasteiger partial charge is 0.423 e. The van der Waals surface area contributed by atoms with Gasteiger partial charge in [0.05, 0.1) is 11.8 Å². The summed E-state index contributed by atoms with van der Waals surface area (Å²) in [5.74, 6) is -3.31. The van der Waals surface area contributed by atoms with E-state index in [4.69, 9.17) is 10.0 Å². The molecule has 17 heavy (non-hydrogen) atoms. The average Bonchev–Trinajstić information content (AvgIpc) is 2.70. The SMILES string of the molecule is OB(O)c1cnc(N2CC3C(C2)C3(F)F)nc1. The highest BCUT2D eigenvalue weighted by molar-refractivity contribution is 6.58. The molecule has 90 valence electrons. The standard InChI is InChI=1S/C9H10BF2N3O2/c11-9(12)6-3-15(4-7(6)9)8-13-1-5(2-14-8)10(16)17/h1-2,6-7,16-17H,3-4H2. The molecule has 0 amide bonds. The van der Waals surface area contributed by atoms with Crippen molar-refractivity contribution in [1.29, 1.82) is 0 Å². The zero-order valence-electron chi connectivity index (χ0n) is 8.79. The van der Waals surface area contributed by atoms with Gasteiger partial charge in [0, 0.05) is 30.9 Å². The molecule has 1 aliphatic heterocycles. The summed E-state index contributed by atoms with van der Waals surface area (Å²) in [5, 5.41) is 17.7.